The number of para-hydroxylation sites is 1. The smallest absolute Gasteiger partial charge is 0.218 e. The van der Waals surface area contributed by atoms with Gasteiger partial charge >= 0.3 is 0 Å². The minimum atomic E-state index is -0.556. The summed E-state index contributed by atoms with van der Waals surface area (Å²) in [6.07, 6.45) is 2.65. The Balaban J connectivity index is 1.86. The predicted molar refractivity (Wildman–Crippen MR) is 67.4 cm³/mol. The van der Waals surface area contributed by atoms with Crippen LogP contribution in [0.1, 0.15) is 12.8 Å². The fourth-order valence-corrected chi connectivity index (χ4v) is 4.77. The molecule has 0 amide bonds. The maximum absolute atomic E-state index is 5.71. The molecule has 2 fully saturated rings. The average molecular weight is 236 g/mol. The monoisotopic (exact) mass is 236 g/mol. The highest BCUT2D eigenvalue weighted by Gasteiger charge is 2.43. The van der Waals surface area contributed by atoms with Crippen molar-refractivity contribution in [2.45, 2.75) is 18.9 Å². The lowest BCUT2D eigenvalue weighted by Gasteiger charge is -2.27. The van der Waals surface area contributed by atoms with E-state index in [9.17, 15) is 0 Å². The van der Waals surface area contributed by atoms with Crippen LogP contribution in [0.4, 0.5) is 5.69 Å². The molecule has 2 saturated heterocycles. The first kappa shape index (κ1) is 10.5. The van der Waals surface area contributed by atoms with E-state index < -0.39 is 8.45 Å². The zero-order valence-corrected chi connectivity index (χ0v) is 10.4. The summed E-state index contributed by atoms with van der Waals surface area (Å²) in [6.45, 7) is 2.33. The number of anilines is 1. The van der Waals surface area contributed by atoms with Crippen molar-refractivity contribution in [2.75, 3.05) is 24.9 Å². The summed E-state index contributed by atoms with van der Waals surface area (Å²) in [5, 5.41) is 0. The van der Waals surface area contributed by atoms with Gasteiger partial charge in [-0.15, -0.1) is 0 Å². The molecule has 0 aliphatic carbocycles. The zero-order chi connectivity index (χ0) is 11.0. The first-order valence-corrected chi connectivity index (χ1v) is 7.00. The largest absolute Gasteiger partial charge is 0.330 e. The Bertz CT molecular complexity index is 359. The lowest BCUT2D eigenvalue weighted by Crippen LogP contribution is -2.20. The van der Waals surface area contributed by atoms with Gasteiger partial charge in [-0.05, 0) is 25.0 Å². The fraction of sp³-hybridized carbons (Fsp3) is 0.500. The van der Waals surface area contributed by atoms with Crippen LogP contribution >= 0.6 is 8.45 Å². The van der Waals surface area contributed by atoms with E-state index >= 15 is 0 Å². The second-order valence-electron chi connectivity index (χ2n) is 4.31. The Kier molecular flexibility index (Phi) is 2.84. The molecule has 2 heterocycles. The Morgan fingerprint density at radius 2 is 2.12 bits per heavy atom. The highest BCUT2D eigenvalue weighted by atomic mass is 31.2. The van der Waals surface area contributed by atoms with Crippen molar-refractivity contribution < 1.29 is 4.52 Å². The van der Waals surface area contributed by atoms with Crippen molar-refractivity contribution in [3.05, 3.63) is 30.3 Å². The van der Waals surface area contributed by atoms with Crippen molar-refractivity contribution in [3.63, 3.8) is 0 Å². The Morgan fingerprint density at radius 3 is 2.88 bits per heavy atom. The summed E-state index contributed by atoms with van der Waals surface area (Å²) in [5.41, 5.74) is 1.30. The van der Waals surface area contributed by atoms with Crippen LogP contribution in [0.25, 0.3) is 0 Å². The molecule has 0 saturated carbocycles. The quantitative estimate of drug-likeness (QED) is 0.734. The molecule has 4 heteroatoms. The summed E-state index contributed by atoms with van der Waals surface area (Å²) in [7, 11) is 1.28. The highest BCUT2D eigenvalue weighted by molar-refractivity contribution is 7.52. The van der Waals surface area contributed by atoms with Crippen LogP contribution in [0.3, 0.4) is 0 Å². The fourth-order valence-electron chi connectivity index (χ4n) is 2.65. The van der Waals surface area contributed by atoms with Gasteiger partial charge in [0.1, 0.15) is 0 Å². The first-order valence-electron chi connectivity index (χ1n) is 5.83. The molecule has 1 aromatic rings. The van der Waals surface area contributed by atoms with Crippen LogP contribution in [-0.2, 0) is 4.52 Å². The van der Waals surface area contributed by atoms with Crippen molar-refractivity contribution in [1.29, 1.82) is 0 Å². The van der Waals surface area contributed by atoms with Crippen LogP contribution in [0, 0.1) is 0 Å². The molecule has 0 bridgehead atoms. The molecule has 2 aliphatic heterocycles. The number of fused-ring (bicyclic) bond motifs is 1. The summed E-state index contributed by atoms with van der Waals surface area (Å²) in [5.74, 6) is 0. The van der Waals surface area contributed by atoms with Gasteiger partial charge < -0.3 is 9.19 Å². The van der Waals surface area contributed by atoms with Crippen molar-refractivity contribution in [3.8, 4) is 0 Å². The van der Waals surface area contributed by atoms with Crippen LogP contribution in [0.15, 0.2) is 30.3 Å². The molecule has 3 rings (SSSR count). The minimum absolute atomic E-state index is 0.556. The third-order valence-electron chi connectivity index (χ3n) is 3.37. The molecular weight excluding hydrogens is 219 g/mol. The van der Waals surface area contributed by atoms with Gasteiger partial charge in [0.15, 0.2) is 0 Å². The number of rotatable bonds is 2. The molecule has 0 radical (unpaired) electrons. The Hall–Kier alpha value is -0.630. The van der Waals surface area contributed by atoms with Gasteiger partial charge in [-0.2, -0.15) is 0 Å². The van der Waals surface area contributed by atoms with Gasteiger partial charge in [-0.3, -0.25) is 0 Å². The topological polar surface area (TPSA) is 15.7 Å². The third kappa shape index (κ3) is 1.64. The Morgan fingerprint density at radius 1 is 1.31 bits per heavy atom. The van der Waals surface area contributed by atoms with Gasteiger partial charge in [0, 0.05) is 31.9 Å². The molecule has 0 aromatic heterocycles. The van der Waals surface area contributed by atoms with Gasteiger partial charge in [0.05, 0.1) is 0 Å². The highest BCUT2D eigenvalue weighted by Crippen LogP contribution is 2.56. The van der Waals surface area contributed by atoms with E-state index in [1.54, 1.807) is 0 Å². The summed E-state index contributed by atoms with van der Waals surface area (Å²) >= 11 is 0. The second-order valence-corrected chi connectivity index (χ2v) is 6.18. The number of nitrogens with zero attached hydrogens (tertiary/aromatic N) is 2. The van der Waals surface area contributed by atoms with E-state index in [4.69, 9.17) is 4.52 Å². The molecule has 2 aliphatic rings. The van der Waals surface area contributed by atoms with Gasteiger partial charge in [-0.1, -0.05) is 18.2 Å². The number of hydrogen-bond acceptors (Lipinski definition) is 3. The molecule has 2 unspecified atom stereocenters. The second kappa shape index (κ2) is 4.33. The molecule has 0 N–H and O–H groups in total. The number of hydrogen-bond donors (Lipinski definition) is 0. The van der Waals surface area contributed by atoms with E-state index in [-0.39, 0.29) is 0 Å². The van der Waals surface area contributed by atoms with Crippen LogP contribution < -0.4 is 4.67 Å². The molecular formula is C12H17N2OP. The SMILES string of the molecule is COP1N(c2ccccc2)CC2CCCN21. The summed E-state index contributed by atoms with van der Waals surface area (Å²) < 4.78 is 10.7. The van der Waals surface area contributed by atoms with Crippen molar-refractivity contribution in [1.82, 2.24) is 4.67 Å². The molecule has 0 spiro atoms. The average Bonchev–Trinajstić information content (AvgIpc) is 2.89. The summed E-state index contributed by atoms with van der Waals surface area (Å²) in [4.78, 5) is 0. The zero-order valence-electron chi connectivity index (χ0n) is 9.54. The van der Waals surface area contributed by atoms with Crippen LogP contribution in [0.2, 0.25) is 0 Å². The molecule has 2 atom stereocenters. The minimum Gasteiger partial charge on any atom is -0.330 e. The lowest BCUT2D eigenvalue weighted by atomic mass is 10.2. The van der Waals surface area contributed by atoms with E-state index in [2.05, 4.69) is 39.7 Å². The standard InChI is InChI=1S/C12H17N2OP/c1-15-16-13-9-5-8-12(13)10-14(16)11-6-3-2-4-7-11/h2-4,6-7,12H,5,8-10H2,1H3. The maximum Gasteiger partial charge on any atom is 0.218 e. The maximum atomic E-state index is 5.71. The van der Waals surface area contributed by atoms with Gasteiger partial charge in [-0.25, -0.2) is 4.67 Å². The molecule has 1 aromatic carbocycles. The summed E-state index contributed by atoms with van der Waals surface area (Å²) in [6, 6.07) is 11.3. The molecule has 3 nitrogen and oxygen atoms in total. The van der Waals surface area contributed by atoms with Gasteiger partial charge in [0.2, 0.25) is 8.45 Å². The van der Waals surface area contributed by atoms with E-state index in [1.165, 1.54) is 25.1 Å². The number of benzene rings is 1. The van der Waals surface area contributed by atoms with E-state index in [1.807, 2.05) is 7.11 Å². The van der Waals surface area contributed by atoms with Crippen molar-refractivity contribution >= 4 is 14.1 Å². The molecule has 16 heavy (non-hydrogen) atoms. The van der Waals surface area contributed by atoms with Crippen LogP contribution in [0.5, 0.6) is 0 Å². The first-order chi connectivity index (χ1) is 7.90. The third-order valence-corrected chi connectivity index (χ3v) is 5.47. The predicted octanol–water partition coefficient (Wildman–Crippen LogP) is 2.84. The van der Waals surface area contributed by atoms with Gasteiger partial charge in [0.25, 0.3) is 0 Å². The van der Waals surface area contributed by atoms with E-state index in [0.29, 0.717) is 6.04 Å². The van der Waals surface area contributed by atoms with E-state index in [0.717, 1.165) is 6.54 Å². The molecule has 86 valence electrons. The normalized spacial score (nSPS) is 29.7. The lowest BCUT2D eigenvalue weighted by molar-refractivity contribution is 0.383. The Labute approximate surface area is 97.9 Å². The van der Waals surface area contributed by atoms with Crippen LogP contribution in [-0.4, -0.2) is 30.9 Å². The van der Waals surface area contributed by atoms with Crippen molar-refractivity contribution in [2.24, 2.45) is 0 Å².